The Labute approximate surface area is 386 Å². The number of rotatable bonds is 43. The van der Waals surface area contributed by atoms with Crippen molar-refractivity contribution in [3.63, 3.8) is 0 Å². The maximum atomic E-state index is 12.8. The van der Waals surface area contributed by atoms with Gasteiger partial charge in [-0.3, -0.25) is 14.4 Å². The van der Waals surface area contributed by atoms with Crippen molar-refractivity contribution in [3.05, 3.63) is 122 Å². The first-order valence-corrected chi connectivity index (χ1v) is 25.1. The average Bonchev–Trinajstić information content (AvgIpc) is 3.28. The van der Waals surface area contributed by atoms with Crippen molar-refractivity contribution in [2.75, 3.05) is 13.2 Å². The summed E-state index contributed by atoms with van der Waals surface area (Å²) in [6.07, 6.45) is 69.0. The quantitative estimate of drug-likeness (QED) is 0.0200. The number of ether oxygens (including phenoxy) is 3. The Morgan fingerprint density at radius 2 is 0.714 bits per heavy atom. The van der Waals surface area contributed by atoms with E-state index in [1.54, 1.807) is 0 Å². The molecule has 0 saturated carbocycles. The van der Waals surface area contributed by atoms with Crippen LogP contribution >= 0.6 is 0 Å². The van der Waals surface area contributed by atoms with Gasteiger partial charge in [-0.05, 0) is 83.5 Å². The molecule has 0 aromatic rings. The summed E-state index contributed by atoms with van der Waals surface area (Å²) >= 11 is 0. The summed E-state index contributed by atoms with van der Waals surface area (Å²) in [6, 6.07) is 0. The van der Waals surface area contributed by atoms with Gasteiger partial charge in [0, 0.05) is 19.3 Å². The minimum Gasteiger partial charge on any atom is -0.462 e. The van der Waals surface area contributed by atoms with Gasteiger partial charge in [-0.2, -0.15) is 0 Å². The third-order valence-electron chi connectivity index (χ3n) is 10.1. The van der Waals surface area contributed by atoms with E-state index in [0.717, 1.165) is 96.3 Å². The lowest BCUT2D eigenvalue weighted by molar-refractivity contribution is -0.167. The fraction of sp³-hybridized carbons (Fsp3) is 0.596. The molecule has 63 heavy (non-hydrogen) atoms. The van der Waals surface area contributed by atoms with Crippen LogP contribution in [0.3, 0.4) is 0 Å². The van der Waals surface area contributed by atoms with Crippen molar-refractivity contribution in [1.82, 2.24) is 0 Å². The lowest BCUT2D eigenvalue weighted by atomic mass is 10.1. The second kappa shape index (κ2) is 50.5. The Bertz CT molecular complexity index is 1370. The zero-order valence-electron chi connectivity index (χ0n) is 40.3. The second-order valence-electron chi connectivity index (χ2n) is 16.1. The van der Waals surface area contributed by atoms with Crippen LogP contribution in [0, 0.1) is 0 Å². The van der Waals surface area contributed by atoms with Gasteiger partial charge < -0.3 is 14.2 Å². The minimum atomic E-state index is -0.822. The molecule has 6 nitrogen and oxygen atoms in total. The van der Waals surface area contributed by atoms with Crippen molar-refractivity contribution < 1.29 is 28.6 Å². The number of unbranched alkanes of at least 4 members (excludes halogenated alkanes) is 18. The highest BCUT2D eigenvalue weighted by atomic mass is 16.6. The first kappa shape index (κ1) is 58.8. The summed E-state index contributed by atoms with van der Waals surface area (Å²) in [6.45, 7) is 6.26. The summed E-state index contributed by atoms with van der Waals surface area (Å²) in [5, 5.41) is 0. The molecule has 0 saturated heterocycles. The molecule has 0 aliphatic carbocycles. The molecule has 6 heteroatoms. The summed E-state index contributed by atoms with van der Waals surface area (Å²) in [7, 11) is 0. The molecule has 0 amide bonds. The zero-order valence-corrected chi connectivity index (χ0v) is 40.3. The Kier molecular flexibility index (Phi) is 47.1. The number of esters is 3. The van der Waals surface area contributed by atoms with Gasteiger partial charge in [-0.25, -0.2) is 0 Å². The van der Waals surface area contributed by atoms with Gasteiger partial charge >= 0.3 is 17.9 Å². The highest BCUT2D eigenvalue weighted by molar-refractivity contribution is 5.71. The zero-order chi connectivity index (χ0) is 45.8. The van der Waals surface area contributed by atoms with Crippen LogP contribution < -0.4 is 0 Å². The van der Waals surface area contributed by atoms with Crippen LogP contribution in [0.1, 0.15) is 201 Å². The molecule has 0 radical (unpaired) electrons. The highest BCUT2D eigenvalue weighted by Crippen LogP contribution is 2.13. The fourth-order valence-electron chi connectivity index (χ4n) is 6.39. The van der Waals surface area contributed by atoms with Crippen LogP contribution in [0.4, 0.5) is 0 Å². The first-order chi connectivity index (χ1) is 31.0. The molecule has 0 aliphatic heterocycles. The minimum absolute atomic E-state index is 0.118. The first-order valence-electron chi connectivity index (χ1n) is 25.1. The largest absolute Gasteiger partial charge is 0.462 e. The molecule has 0 spiro atoms. The SMILES string of the molecule is CC\C=C/C=C\C=C/C=C\C=C/CCCC(=O)OCC(COC(=O)CCCCCCC\C=C/C=C\C=C/CCCCCCC)OC(=O)CCCCCCCCC/C=C\C/C=C\CC. The van der Waals surface area contributed by atoms with Crippen LogP contribution in [0.5, 0.6) is 0 Å². The molecule has 0 heterocycles. The van der Waals surface area contributed by atoms with Crippen LogP contribution in [0.25, 0.3) is 0 Å². The highest BCUT2D eigenvalue weighted by Gasteiger charge is 2.19. The summed E-state index contributed by atoms with van der Waals surface area (Å²) in [4.78, 5) is 37.9. The molecule has 0 rings (SSSR count). The molecule has 1 unspecified atom stereocenters. The molecule has 1 atom stereocenters. The van der Waals surface area contributed by atoms with Crippen LogP contribution in [0.15, 0.2) is 122 Å². The van der Waals surface area contributed by atoms with E-state index in [9.17, 15) is 14.4 Å². The van der Waals surface area contributed by atoms with Gasteiger partial charge in [0.15, 0.2) is 6.10 Å². The standard InChI is InChI=1S/C57H90O6/c1-4-7-10-13-16-19-22-25-27-28-29-30-33-35-38-41-44-47-50-56(59)62-53-54(52-61-55(58)49-46-43-40-37-34-31-24-21-18-15-12-9-6-3)63-57(60)51-48-45-42-39-36-32-26-23-20-17-14-11-8-5-2/h8-9,11-12,15,17-18,20-22,24-25,27-31,34,37,40,54H,4-7,10,13-14,16,19,23,26,32-33,35-36,38-39,41-53H2,1-3H3/b11-8-,12-9-,18-15-,20-17-,24-21-,25-22-,28-27-,30-29-,34-31-,40-37-. The van der Waals surface area contributed by atoms with Gasteiger partial charge in [0.05, 0.1) is 0 Å². The van der Waals surface area contributed by atoms with Gasteiger partial charge in [0.25, 0.3) is 0 Å². The van der Waals surface area contributed by atoms with Gasteiger partial charge in [-0.1, -0.05) is 219 Å². The summed E-state index contributed by atoms with van der Waals surface area (Å²) in [5.41, 5.74) is 0. The Balaban J connectivity index is 4.54. The molecule has 0 N–H and O–H groups in total. The van der Waals surface area contributed by atoms with E-state index >= 15 is 0 Å². The van der Waals surface area contributed by atoms with Crippen LogP contribution in [0.2, 0.25) is 0 Å². The lowest BCUT2D eigenvalue weighted by Crippen LogP contribution is -2.30. The molecule has 354 valence electrons. The molecule has 0 fully saturated rings. The van der Waals surface area contributed by atoms with E-state index in [4.69, 9.17) is 14.2 Å². The van der Waals surface area contributed by atoms with E-state index < -0.39 is 6.10 Å². The Hall–Kier alpha value is -4.19. The van der Waals surface area contributed by atoms with Crippen LogP contribution in [-0.2, 0) is 28.6 Å². The van der Waals surface area contributed by atoms with Crippen molar-refractivity contribution in [3.8, 4) is 0 Å². The number of carbonyl (C=O) groups excluding carboxylic acids is 3. The van der Waals surface area contributed by atoms with Gasteiger partial charge in [-0.15, -0.1) is 0 Å². The third kappa shape index (κ3) is 48.7. The van der Waals surface area contributed by atoms with Crippen molar-refractivity contribution in [1.29, 1.82) is 0 Å². The monoisotopic (exact) mass is 871 g/mol. The predicted molar refractivity (Wildman–Crippen MR) is 269 cm³/mol. The second-order valence-corrected chi connectivity index (χ2v) is 16.1. The molecule has 0 aromatic carbocycles. The van der Waals surface area contributed by atoms with E-state index in [2.05, 4.69) is 87.6 Å². The van der Waals surface area contributed by atoms with Crippen molar-refractivity contribution in [2.24, 2.45) is 0 Å². The summed E-state index contributed by atoms with van der Waals surface area (Å²) in [5.74, 6) is -1.03. The third-order valence-corrected chi connectivity index (χ3v) is 10.1. The molecular formula is C57H90O6. The maximum Gasteiger partial charge on any atom is 0.306 e. The van der Waals surface area contributed by atoms with Gasteiger partial charge in [0.1, 0.15) is 13.2 Å². The Morgan fingerprint density at radius 3 is 1.21 bits per heavy atom. The van der Waals surface area contributed by atoms with Crippen LogP contribution in [-0.4, -0.2) is 37.2 Å². The fourth-order valence-corrected chi connectivity index (χ4v) is 6.39. The van der Waals surface area contributed by atoms with E-state index in [1.165, 1.54) is 57.8 Å². The van der Waals surface area contributed by atoms with Crippen molar-refractivity contribution in [2.45, 2.75) is 207 Å². The number of hydrogen-bond acceptors (Lipinski definition) is 6. The number of allylic oxidation sites excluding steroid dienone is 20. The summed E-state index contributed by atoms with van der Waals surface area (Å²) < 4.78 is 16.7. The Morgan fingerprint density at radius 1 is 0.349 bits per heavy atom. The number of carbonyl (C=O) groups is 3. The topological polar surface area (TPSA) is 78.9 Å². The average molecular weight is 871 g/mol. The lowest BCUT2D eigenvalue weighted by Gasteiger charge is -2.18. The van der Waals surface area contributed by atoms with Crippen molar-refractivity contribution >= 4 is 17.9 Å². The van der Waals surface area contributed by atoms with E-state index in [1.807, 2.05) is 54.7 Å². The molecule has 0 aliphatic rings. The predicted octanol–water partition coefficient (Wildman–Crippen LogP) is 16.5. The van der Waals surface area contributed by atoms with E-state index in [-0.39, 0.29) is 37.5 Å². The van der Waals surface area contributed by atoms with E-state index in [0.29, 0.717) is 19.3 Å². The number of hydrogen-bond donors (Lipinski definition) is 0. The molecule has 0 bridgehead atoms. The maximum absolute atomic E-state index is 12.8. The molecular weight excluding hydrogens is 781 g/mol. The normalized spacial score (nSPS) is 13.1. The molecule has 0 aromatic heterocycles. The van der Waals surface area contributed by atoms with Gasteiger partial charge in [0.2, 0.25) is 0 Å². The smallest absolute Gasteiger partial charge is 0.306 e.